The predicted molar refractivity (Wildman–Crippen MR) is 63.3 cm³/mol. The maximum absolute atomic E-state index is 3.29. The lowest BCUT2D eigenvalue weighted by atomic mass is 9.97. The second-order valence-corrected chi connectivity index (χ2v) is 3.61. The van der Waals surface area contributed by atoms with Gasteiger partial charge >= 0.3 is 0 Å². The Kier molecular flexibility index (Phi) is 1.92. The van der Waals surface area contributed by atoms with Crippen molar-refractivity contribution in [3.63, 3.8) is 0 Å². The number of rotatable bonds is 0. The summed E-state index contributed by atoms with van der Waals surface area (Å²) in [5.41, 5.74) is 4.97. The fourth-order valence-electron chi connectivity index (χ4n) is 1.95. The molecule has 70 valence electrons. The molecule has 1 aliphatic carbocycles. The summed E-state index contributed by atoms with van der Waals surface area (Å²) in [5, 5.41) is 0. The third-order valence-corrected chi connectivity index (χ3v) is 2.68. The Morgan fingerprint density at radius 2 is 1.47 bits per heavy atom. The predicted octanol–water partition coefficient (Wildman–Crippen LogP) is 3.81. The fourth-order valence-corrected chi connectivity index (χ4v) is 1.95. The summed E-state index contributed by atoms with van der Waals surface area (Å²) in [6, 6.07) is 16.8. The van der Waals surface area contributed by atoms with Gasteiger partial charge in [-0.2, -0.15) is 0 Å². The van der Waals surface area contributed by atoms with Gasteiger partial charge in [-0.15, -0.1) is 0 Å². The lowest BCUT2D eigenvalue weighted by molar-refractivity contribution is 1.52. The molecule has 15 heavy (non-hydrogen) atoms. The van der Waals surface area contributed by atoms with Gasteiger partial charge in [0.05, 0.1) is 0 Å². The molecule has 0 atom stereocenters. The largest absolute Gasteiger partial charge is 0.0708 e. The highest BCUT2D eigenvalue weighted by Gasteiger charge is 2.09. The average Bonchev–Trinajstić information content (AvgIpc) is 2.48. The first-order valence-corrected chi connectivity index (χ1v) is 5.07. The van der Waals surface area contributed by atoms with Crippen molar-refractivity contribution in [2.45, 2.75) is 0 Å². The van der Waals surface area contributed by atoms with Crippen LogP contribution in [-0.4, -0.2) is 0 Å². The molecule has 0 bridgehead atoms. The van der Waals surface area contributed by atoms with Crippen LogP contribution in [0.1, 0.15) is 11.1 Å². The standard InChI is InChI=1S/C15H10/c1-3-10-14-12(6-1)8-5-9-13-7-2-4-11-15(13)14/h1-8,10-11H. The lowest BCUT2D eigenvalue weighted by Crippen LogP contribution is -1.85. The van der Waals surface area contributed by atoms with Gasteiger partial charge in [-0.1, -0.05) is 60.7 Å². The van der Waals surface area contributed by atoms with Crippen molar-refractivity contribution in [1.29, 1.82) is 0 Å². The maximum atomic E-state index is 3.29. The zero-order valence-electron chi connectivity index (χ0n) is 8.27. The third kappa shape index (κ3) is 1.39. The van der Waals surface area contributed by atoms with Crippen LogP contribution < -0.4 is 0 Å². The highest BCUT2D eigenvalue weighted by atomic mass is 14.1. The molecule has 0 spiro atoms. The van der Waals surface area contributed by atoms with E-state index in [1.807, 2.05) is 12.1 Å². The molecular formula is C15H10. The molecule has 2 aromatic rings. The molecule has 0 unspecified atom stereocenters. The van der Waals surface area contributed by atoms with Crippen LogP contribution in [0.15, 0.2) is 54.6 Å². The van der Waals surface area contributed by atoms with E-state index in [9.17, 15) is 0 Å². The van der Waals surface area contributed by atoms with Crippen LogP contribution in [0.4, 0.5) is 0 Å². The molecule has 0 saturated carbocycles. The van der Waals surface area contributed by atoms with Crippen molar-refractivity contribution in [3.8, 4) is 11.1 Å². The van der Waals surface area contributed by atoms with Gasteiger partial charge in [0.2, 0.25) is 0 Å². The molecule has 2 radical (unpaired) electrons. The molecule has 2 aromatic carbocycles. The second kappa shape index (κ2) is 3.39. The average molecular weight is 190 g/mol. The smallest absolute Gasteiger partial charge is 0.0429 e. The van der Waals surface area contributed by atoms with Crippen LogP contribution in [0, 0.1) is 6.42 Å². The normalized spacial score (nSPS) is 12.8. The van der Waals surface area contributed by atoms with Crippen molar-refractivity contribution in [2.24, 2.45) is 0 Å². The number of hydrogen-bond acceptors (Lipinski definition) is 0. The number of allylic oxidation sites excluding steroid dienone is 1. The van der Waals surface area contributed by atoms with E-state index in [1.54, 1.807) is 0 Å². The maximum Gasteiger partial charge on any atom is 0.0429 e. The summed E-state index contributed by atoms with van der Waals surface area (Å²) in [7, 11) is 0. The molecule has 0 saturated heterocycles. The van der Waals surface area contributed by atoms with Crippen molar-refractivity contribution >= 4 is 6.08 Å². The Labute approximate surface area is 89.9 Å². The second-order valence-electron chi connectivity index (χ2n) is 3.61. The van der Waals surface area contributed by atoms with Crippen LogP contribution in [-0.2, 0) is 0 Å². The minimum Gasteiger partial charge on any atom is -0.0708 e. The third-order valence-electron chi connectivity index (χ3n) is 2.68. The van der Waals surface area contributed by atoms with E-state index < -0.39 is 0 Å². The summed E-state index contributed by atoms with van der Waals surface area (Å²) in [5.74, 6) is 0. The summed E-state index contributed by atoms with van der Waals surface area (Å²) in [6.45, 7) is 0. The zero-order chi connectivity index (χ0) is 10.1. The van der Waals surface area contributed by atoms with Crippen molar-refractivity contribution in [2.75, 3.05) is 0 Å². The van der Waals surface area contributed by atoms with Gasteiger partial charge in [0.15, 0.2) is 0 Å². The van der Waals surface area contributed by atoms with Gasteiger partial charge in [0.1, 0.15) is 0 Å². The summed E-state index contributed by atoms with van der Waals surface area (Å²) in [6.07, 6.45) is 7.39. The van der Waals surface area contributed by atoms with Crippen molar-refractivity contribution < 1.29 is 0 Å². The molecule has 0 amide bonds. The summed E-state index contributed by atoms with van der Waals surface area (Å²) >= 11 is 0. The van der Waals surface area contributed by atoms with Gasteiger partial charge in [0, 0.05) is 6.42 Å². The molecule has 0 heteroatoms. The minimum atomic E-state index is 1.17. The van der Waals surface area contributed by atoms with E-state index >= 15 is 0 Å². The number of fused-ring (bicyclic) bond motifs is 3. The monoisotopic (exact) mass is 190 g/mol. The molecule has 0 aliphatic heterocycles. The minimum absolute atomic E-state index is 1.17. The molecule has 0 nitrogen and oxygen atoms in total. The van der Waals surface area contributed by atoms with E-state index in [2.05, 4.69) is 55.0 Å². The quantitative estimate of drug-likeness (QED) is 0.592. The molecule has 0 heterocycles. The topological polar surface area (TPSA) is 0 Å². The van der Waals surface area contributed by atoms with E-state index in [0.717, 1.165) is 0 Å². The summed E-state index contributed by atoms with van der Waals surface area (Å²) in [4.78, 5) is 0. The van der Waals surface area contributed by atoms with Crippen LogP contribution in [0.3, 0.4) is 0 Å². The van der Waals surface area contributed by atoms with E-state index in [0.29, 0.717) is 0 Å². The SMILES string of the molecule is [C]1C=Cc2ccccc2-c2ccccc21. The number of hydrogen-bond donors (Lipinski definition) is 0. The Bertz CT molecular complexity index is 521. The molecule has 1 aliphatic rings. The van der Waals surface area contributed by atoms with Crippen LogP contribution in [0.5, 0.6) is 0 Å². The Morgan fingerprint density at radius 1 is 0.733 bits per heavy atom. The Hall–Kier alpha value is -1.82. The fraction of sp³-hybridized carbons (Fsp3) is 0. The van der Waals surface area contributed by atoms with Crippen LogP contribution in [0.25, 0.3) is 17.2 Å². The highest BCUT2D eigenvalue weighted by Crippen LogP contribution is 2.31. The highest BCUT2D eigenvalue weighted by molar-refractivity contribution is 5.81. The van der Waals surface area contributed by atoms with Gasteiger partial charge in [0.25, 0.3) is 0 Å². The Morgan fingerprint density at radius 3 is 2.40 bits per heavy atom. The first-order chi connectivity index (χ1) is 7.45. The van der Waals surface area contributed by atoms with Crippen molar-refractivity contribution in [3.05, 3.63) is 72.2 Å². The molecule has 3 rings (SSSR count). The van der Waals surface area contributed by atoms with E-state index in [4.69, 9.17) is 0 Å². The van der Waals surface area contributed by atoms with Crippen LogP contribution >= 0.6 is 0 Å². The van der Waals surface area contributed by atoms with E-state index in [1.165, 1.54) is 22.3 Å². The van der Waals surface area contributed by atoms with Gasteiger partial charge in [-0.05, 0) is 22.3 Å². The first kappa shape index (κ1) is 8.49. The number of benzene rings is 2. The van der Waals surface area contributed by atoms with Crippen LogP contribution in [0.2, 0.25) is 0 Å². The van der Waals surface area contributed by atoms with Crippen molar-refractivity contribution in [1.82, 2.24) is 0 Å². The molecule has 0 aromatic heterocycles. The molecule has 0 N–H and O–H groups in total. The first-order valence-electron chi connectivity index (χ1n) is 5.07. The molecule has 0 fully saturated rings. The van der Waals surface area contributed by atoms with E-state index in [-0.39, 0.29) is 0 Å². The lowest BCUT2D eigenvalue weighted by Gasteiger charge is -2.07. The van der Waals surface area contributed by atoms with Gasteiger partial charge in [-0.25, -0.2) is 0 Å². The summed E-state index contributed by atoms with van der Waals surface area (Å²) < 4.78 is 0. The molecular weight excluding hydrogens is 180 g/mol. The van der Waals surface area contributed by atoms with Gasteiger partial charge < -0.3 is 0 Å². The Balaban J connectivity index is 2.33. The van der Waals surface area contributed by atoms with Gasteiger partial charge in [-0.3, -0.25) is 0 Å². The zero-order valence-corrected chi connectivity index (χ0v) is 8.27.